The Hall–Kier alpha value is -2.51. The molecule has 26 heavy (non-hydrogen) atoms. The molecular formula is C19H22N2O4S. The molecule has 0 N–H and O–H groups in total. The second kappa shape index (κ2) is 8.73. The third-order valence-electron chi connectivity index (χ3n) is 4.04. The number of hydrogen-bond donors (Lipinski definition) is 0. The van der Waals surface area contributed by atoms with Crippen LogP contribution in [0.5, 0.6) is 0 Å². The number of nitro groups is 1. The lowest BCUT2D eigenvalue weighted by Gasteiger charge is -2.26. The molecule has 2 rings (SSSR count). The van der Waals surface area contributed by atoms with Crippen molar-refractivity contribution in [3.05, 3.63) is 82.4 Å². The Labute approximate surface area is 154 Å². The maximum atomic E-state index is 13.2. The lowest BCUT2D eigenvalue weighted by Crippen LogP contribution is -2.39. The Morgan fingerprint density at radius 1 is 1.12 bits per heavy atom. The molecule has 1 atom stereocenters. The van der Waals surface area contributed by atoms with Crippen molar-refractivity contribution in [1.82, 2.24) is 4.31 Å². The molecule has 0 aliphatic heterocycles. The van der Waals surface area contributed by atoms with E-state index >= 15 is 0 Å². The third kappa shape index (κ3) is 4.56. The highest BCUT2D eigenvalue weighted by atomic mass is 32.2. The molecule has 0 saturated heterocycles. The van der Waals surface area contributed by atoms with Gasteiger partial charge in [0.05, 0.1) is 4.92 Å². The van der Waals surface area contributed by atoms with Crippen molar-refractivity contribution in [3.8, 4) is 0 Å². The van der Waals surface area contributed by atoms with Gasteiger partial charge < -0.3 is 0 Å². The number of para-hydroxylation sites is 1. The minimum absolute atomic E-state index is 0.226. The van der Waals surface area contributed by atoms with E-state index in [0.717, 1.165) is 5.56 Å². The SMILES string of the molecule is C/C=C/C(C)N(CCc1ccccc1)S(=O)(=O)c1ccccc1[N+](=O)[O-]. The average Bonchev–Trinajstić information content (AvgIpc) is 2.62. The lowest BCUT2D eigenvalue weighted by molar-refractivity contribution is -0.387. The number of hydrogen-bond acceptors (Lipinski definition) is 4. The van der Waals surface area contributed by atoms with E-state index in [2.05, 4.69) is 0 Å². The summed E-state index contributed by atoms with van der Waals surface area (Å²) < 4.78 is 27.7. The van der Waals surface area contributed by atoms with Gasteiger partial charge in [0.15, 0.2) is 4.90 Å². The molecule has 7 heteroatoms. The maximum Gasteiger partial charge on any atom is 0.289 e. The molecule has 0 saturated carbocycles. The Bertz CT molecular complexity index is 879. The summed E-state index contributed by atoms with van der Waals surface area (Å²) in [6.45, 7) is 3.80. The summed E-state index contributed by atoms with van der Waals surface area (Å²) in [4.78, 5) is 10.3. The van der Waals surface area contributed by atoms with Crippen LogP contribution in [0.4, 0.5) is 5.69 Å². The molecule has 0 amide bonds. The van der Waals surface area contributed by atoms with Gasteiger partial charge in [-0.3, -0.25) is 10.1 Å². The third-order valence-corrected chi connectivity index (χ3v) is 6.07. The smallest absolute Gasteiger partial charge is 0.258 e. The topological polar surface area (TPSA) is 80.5 Å². The number of benzene rings is 2. The van der Waals surface area contributed by atoms with Crippen molar-refractivity contribution < 1.29 is 13.3 Å². The van der Waals surface area contributed by atoms with Gasteiger partial charge in [0.2, 0.25) is 10.0 Å². The van der Waals surface area contributed by atoms with Crippen molar-refractivity contribution in [1.29, 1.82) is 0 Å². The van der Waals surface area contributed by atoms with Gasteiger partial charge >= 0.3 is 0 Å². The largest absolute Gasteiger partial charge is 0.289 e. The van der Waals surface area contributed by atoms with E-state index in [0.29, 0.717) is 6.42 Å². The number of nitrogens with zero attached hydrogens (tertiary/aromatic N) is 2. The van der Waals surface area contributed by atoms with Crippen LogP contribution < -0.4 is 0 Å². The Kier molecular flexibility index (Phi) is 6.65. The maximum absolute atomic E-state index is 13.2. The molecule has 0 aliphatic carbocycles. The number of rotatable bonds is 8. The highest BCUT2D eigenvalue weighted by molar-refractivity contribution is 7.89. The summed E-state index contributed by atoms with van der Waals surface area (Å²) in [6.07, 6.45) is 4.05. The number of nitro benzene ring substituents is 1. The van der Waals surface area contributed by atoms with Gasteiger partial charge in [-0.25, -0.2) is 8.42 Å². The zero-order valence-corrected chi connectivity index (χ0v) is 15.6. The van der Waals surface area contributed by atoms with Crippen LogP contribution in [0.2, 0.25) is 0 Å². The highest BCUT2D eigenvalue weighted by Gasteiger charge is 2.33. The fraction of sp³-hybridized carbons (Fsp3) is 0.263. The second-order valence-corrected chi connectivity index (χ2v) is 7.70. The summed E-state index contributed by atoms with van der Waals surface area (Å²) in [5, 5.41) is 11.3. The van der Waals surface area contributed by atoms with Crippen molar-refractivity contribution in [3.63, 3.8) is 0 Å². The van der Waals surface area contributed by atoms with Crippen molar-refractivity contribution in [2.75, 3.05) is 6.54 Å². The predicted molar refractivity (Wildman–Crippen MR) is 101 cm³/mol. The molecule has 0 aliphatic rings. The van der Waals surface area contributed by atoms with E-state index in [1.165, 1.54) is 28.6 Å². The van der Waals surface area contributed by atoms with Gasteiger partial charge in [-0.2, -0.15) is 4.31 Å². The zero-order valence-electron chi connectivity index (χ0n) is 14.8. The summed E-state index contributed by atoms with van der Waals surface area (Å²) in [5.41, 5.74) is 0.591. The summed E-state index contributed by atoms with van der Waals surface area (Å²) in [7, 11) is -4.03. The first-order valence-corrected chi connectivity index (χ1v) is 9.74. The zero-order chi connectivity index (χ0) is 19.2. The van der Waals surface area contributed by atoms with Crippen LogP contribution in [0.25, 0.3) is 0 Å². The van der Waals surface area contributed by atoms with Gasteiger partial charge in [-0.1, -0.05) is 54.6 Å². The molecule has 2 aromatic rings. The molecule has 0 aromatic heterocycles. The molecule has 1 unspecified atom stereocenters. The van der Waals surface area contributed by atoms with Crippen LogP contribution in [0, 0.1) is 10.1 Å². The van der Waals surface area contributed by atoms with Crippen LogP contribution in [0.1, 0.15) is 19.4 Å². The second-order valence-electron chi connectivity index (χ2n) is 5.84. The summed E-state index contributed by atoms with van der Waals surface area (Å²) in [6, 6.07) is 14.6. The minimum Gasteiger partial charge on any atom is -0.258 e. The van der Waals surface area contributed by atoms with Gasteiger partial charge in [0.25, 0.3) is 5.69 Å². The van der Waals surface area contributed by atoms with Crippen molar-refractivity contribution in [2.24, 2.45) is 0 Å². The van der Waals surface area contributed by atoms with Crippen molar-refractivity contribution in [2.45, 2.75) is 31.2 Å². The monoisotopic (exact) mass is 374 g/mol. The van der Waals surface area contributed by atoms with E-state index in [1.54, 1.807) is 19.1 Å². The Balaban J connectivity index is 2.42. The van der Waals surface area contributed by atoms with E-state index in [9.17, 15) is 18.5 Å². The summed E-state index contributed by atoms with van der Waals surface area (Å²) in [5.74, 6) is 0. The molecule has 0 radical (unpaired) electrons. The van der Waals surface area contributed by atoms with Gasteiger partial charge in [0.1, 0.15) is 0 Å². The molecule has 6 nitrogen and oxygen atoms in total. The van der Waals surface area contributed by atoms with Crippen LogP contribution in [0.15, 0.2) is 71.6 Å². The molecular weight excluding hydrogens is 352 g/mol. The fourth-order valence-electron chi connectivity index (χ4n) is 2.75. The summed E-state index contributed by atoms with van der Waals surface area (Å²) >= 11 is 0. The molecule has 0 spiro atoms. The quantitative estimate of drug-likeness (QED) is 0.400. The molecule has 2 aromatic carbocycles. The Morgan fingerprint density at radius 3 is 2.35 bits per heavy atom. The van der Waals surface area contributed by atoms with Crippen LogP contribution in [0.3, 0.4) is 0 Å². The first kappa shape index (κ1) is 19.8. The molecule has 0 bridgehead atoms. The first-order chi connectivity index (χ1) is 12.4. The van der Waals surface area contributed by atoms with Gasteiger partial charge in [-0.15, -0.1) is 0 Å². The number of allylic oxidation sites excluding steroid dienone is 1. The van der Waals surface area contributed by atoms with Crippen LogP contribution in [-0.2, 0) is 16.4 Å². The van der Waals surface area contributed by atoms with Crippen LogP contribution >= 0.6 is 0 Å². The fourth-order valence-corrected chi connectivity index (χ4v) is 4.50. The highest BCUT2D eigenvalue weighted by Crippen LogP contribution is 2.28. The van der Waals surface area contributed by atoms with Crippen molar-refractivity contribution >= 4 is 15.7 Å². The standard InChI is InChI=1S/C19H22N2O4S/c1-3-9-16(2)20(15-14-17-10-5-4-6-11-17)26(24,25)19-13-8-7-12-18(19)21(22)23/h3-13,16H,14-15H2,1-2H3/b9-3+. The molecule has 0 fully saturated rings. The van der Waals surface area contributed by atoms with Gasteiger partial charge in [-0.05, 0) is 31.9 Å². The van der Waals surface area contributed by atoms with E-state index in [1.807, 2.05) is 37.3 Å². The van der Waals surface area contributed by atoms with E-state index in [-0.39, 0.29) is 11.4 Å². The average molecular weight is 374 g/mol. The van der Waals surface area contributed by atoms with Crippen LogP contribution in [-0.4, -0.2) is 30.2 Å². The number of sulfonamides is 1. The van der Waals surface area contributed by atoms with Gasteiger partial charge in [0, 0.05) is 18.7 Å². The minimum atomic E-state index is -4.03. The van der Waals surface area contributed by atoms with E-state index in [4.69, 9.17) is 0 Å². The lowest BCUT2D eigenvalue weighted by atomic mass is 10.1. The first-order valence-electron chi connectivity index (χ1n) is 8.30. The van der Waals surface area contributed by atoms with E-state index < -0.39 is 26.7 Å². The normalized spacial score (nSPS) is 13.2. The molecule has 0 heterocycles. The molecule has 138 valence electrons. The predicted octanol–water partition coefficient (Wildman–Crippen LogP) is 3.79. The Morgan fingerprint density at radius 2 is 1.73 bits per heavy atom.